The van der Waals surface area contributed by atoms with E-state index in [1.165, 1.54) is 0 Å². The van der Waals surface area contributed by atoms with Crippen LogP contribution >= 0.6 is 0 Å². The highest BCUT2D eigenvalue weighted by atomic mass is 16.4. The molecule has 2 bridgehead atoms. The fourth-order valence-electron chi connectivity index (χ4n) is 4.34. The quantitative estimate of drug-likeness (QED) is 0.877. The SMILES string of the molecule is O=C(CN1[C@H]2CC[C@H]1CC(O)(c1ccco1)C2)NCc1ccccc1. The summed E-state index contributed by atoms with van der Waals surface area (Å²) in [6, 6.07) is 14.1. The Morgan fingerprint density at radius 3 is 2.52 bits per heavy atom. The highest BCUT2D eigenvalue weighted by molar-refractivity contribution is 5.78. The maximum absolute atomic E-state index is 12.4. The van der Waals surface area contributed by atoms with Crippen molar-refractivity contribution in [1.82, 2.24) is 10.2 Å². The minimum absolute atomic E-state index is 0.0455. The Labute approximate surface area is 147 Å². The van der Waals surface area contributed by atoms with Crippen molar-refractivity contribution in [3.63, 3.8) is 0 Å². The Hall–Kier alpha value is -2.11. The molecule has 3 heterocycles. The molecule has 2 saturated heterocycles. The van der Waals surface area contributed by atoms with Crippen molar-refractivity contribution < 1.29 is 14.3 Å². The van der Waals surface area contributed by atoms with Gasteiger partial charge in [-0.1, -0.05) is 30.3 Å². The van der Waals surface area contributed by atoms with Gasteiger partial charge in [-0.05, 0) is 43.4 Å². The lowest BCUT2D eigenvalue weighted by atomic mass is 9.84. The summed E-state index contributed by atoms with van der Waals surface area (Å²) >= 11 is 0. The van der Waals surface area contributed by atoms with Gasteiger partial charge in [-0.3, -0.25) is 9.69 Å². The van der Waals surface area contributed by atoms with E-state index in [0.29, 0.717) is 31.7 Å². The summed E-state index contributed by atoms with van der Waals surface area (Å²) in [6.07, 6.45) is 4.92. The second-order valence-corrected chi connectivity index (χ2v) is 7.24. The van der Waals surface area contributed by atoms with Crippen LogP contribution in [0.2, 0.25) is 0 Å². The second-order valence-electron chi connectivity index (χ2n) is 7.24. The van der Waals surface area contributed by atoms with Gasteiger partial charge in [0.2, 0.25) is 5.91 Å². The van der Waals surface area contributed by atoms with Crippen molar-refractivity contribution in [1.29, 1.82) is 0 Å². The number of rotatable bonds is 5. The summed E-state index contributed by atoms with van der Waals surface area (Å²) < 4.78 is 5.46. The van der Waals surface area contributed by atoms with Crippen molar-refractivity contribution in [3.8, 4) is 0 Å². The van der Waals surface area contributed by atoms with E-state index in [9.17, 15) is 9.90 Å². The molecule has 0 radical (unpaired) electrons. The Kier molecular flexibility index (Phi) is 4.36. The zero-order chi connectivity index (χ0) is 17.3. The lowest BCUT2D eigenvalue weighted by Crippen LogP contribution is -2.52. The molecular formula is C20H24N2O3. The number of fused-ring (bicyclic) bond motifs is 2. The molecular weight excluding hydrogens is 316 g/mol. The Morgan fingerprint density at radius 2 is 1.88 bits per heavy atom. The molecule has 2 fully saturated rings. The van der Waals surface area contributed by atoms with Crippen LogP contribution in [0.3, 0.4) is 0 Å². The van der Waals surface area contributed by atoms with E-state index in [2.05, 4.69) is 10.2 Å². The lowest BCUT2D eigenvalue weighted by Gasteiger charge is -2.42. The lowest BCUT2D eigenvalue weighted by molar-refractivity contribution is -0.126. The van der Waals surface area contributed by atoms with Crippen LogP contribution in [-0.4, -0.2) is 34.5 Å². The van der Waals surface area contributed by atoms with Crippen molar-refractivity contribution in [3.05, 3.63) is 60.1 Å². The highest BCUT2D eigenvalue weighted by Crippen LogP contribution is 2.45. The fourth-order valence-corrected chi connectivity index (χ4v) is 4.34. The molecule has 0 unspecified atom stereocenters. The van der Waals surface area contributed by atoms with Crippen LogP contribution in [0.5, 0.6) is 0 Å². The molecule has 2 aliphatic heterocycles. The zero-order valence-electron chi connectivity index (χ0n) is 14.2. The molecule has 2 aliphatic rings. The van der Waals surface area contributed by atoms with Gasteiger partial charge in [-0.2, -0.15) is 0 Å². The van der Waals surface area contributed by atoms with E-state index in [0.717, 1.165) is 18.4 Å². The first kappa shape index (κ1) is 16.4. The van der Waals surface area contributed by atoms with Crippen LogP contribution in [0, 0.1) is 0 Å². The maximum Gasteiger partial charge on any atom is 0.234 e. The standard InChI is InChI=1S/C20H24N2O3/c23-19(21-13-15-5-2-1-3-6-15)14-22-16-8-9-17(22)12-20(24,11-16)18-7-4-10-25-18/h1-7,10,16-17,24H,8-9,11-14H2,(H,21,23)/t16-,17-/m0/s1. The molecule has 132 valence electrons. The van der Waals surface area contributed by atoms with Gasteiger partial charge in [0.25, 0.3) is 0 Å². The normalized spacial score (nSPS) is 28.8. The second kappa shape index (κ2) is 6.65. The molecule has 1 aromatic carbocycles. The van der Waals surface area contributed by atoms with Crippen LogP contribution in [0.25, 0.3) is 0 Å². The number of aliphatic hydroxyl groups is 1. The number of furan rings is 1. The van der Waals surface area contributed by atoms with Crippen LogP contribution in [-0.2, 0) is 16.9 Å². The number of carbonyl (C=O) groups is 1. The van der Waals surface area contributed by atoms with Gasteiger partial charge in [-0.15, -0.1) is 0 Å². The third-order valence-corrected chi connectivity index (χ3v) is 5.56. The summed E-state index contributed by atoms with van der Waals surface area (Å²) in [7, 11) is 0. The first-order valence-electron chi connectivity index (χ1n) is 8.97. The summed E-state index contributed by atoms with van der Waals surface area (Å²) in [5.41, 5.74) is 0.205. The minimum atomic E-state index is -0.896. The number of nitrogens with one attached hydrogen (secondary N) is 1. The average molecular weight is 340 g/mol. The molecule has 5 heteroatoms. The summed E-state index contributed by atoms with van der Waals surface area (Å²) in [6.45, 7) is 0.954. The number of benzene rings is 1. The third-order valence-electron chi connectivity index (χ3n) is 5.56. The molecule has 4 rings (SSSR count). The molecule has 5 nitrogen and oxygen atoms in total. The molecule has 2 N–H and O–H groups in total. The van der Waals surface area contributed by atoms with Gasteiger partial charge in [0, 0.05) is 18.6 Å². The number of carbonyl (C=O) groups excluding carboxylic acids is 1. The van der Waals surface area contributed by atoms with Gasteiger partial charge in [0.05, 0.1) is 12.8 Å². The van der Waals surface area contributed by atoms with E-state index in [-0.39, 0.29) is 18.0 Å². The fraction of sp³-hybridized carbons (Fsp3) is 0.450. The minimum Gasteiger partial charge on any atom is -0.466 e. The van der Waals surface area contributed by atoms with E-state index < -0.39 is 5.60 Å². The molecule has 2 atom stereocenters. The molecule has 2 aromatic rings. The van der Waals surface area contributed by atoms with Gasteiger partial charge in [0.15, 0.2) is 0 Å². The molecule has 0 aliphatic carbocycles. The number of hydrogen-bond acceptors (Lipinski definition) is 4. The summed E-state index contributed by atoms with van der Waals surface area (Å²) in [4.78, 5) is 14.6. The zero-order valence-corrected chi connectivity index (χ0v) is 14.2. The summed E-state index contributed by atoms with van der Waals surface area (Å²) in [5, 5.41) is 14.0. The van der Waals surface area contributed by atoms with E-state index in [1.54, 1.807) is 6.26 Å². The monoisotopic (exact) mass is 340 g/mol. The Balaban J connectivity index is 1.36. The summed E-state index contributed by atoms with van der Waals surface area (Å²) in [5.74, 6) is 0.696. The van der Waals surface area contributed by atoms with E-state index in [1.807, 2.05) is 42.5 Å². The van der Waals surface area contributed by atoms with Crippen molar-refractivity contribution in [2.45, 2.75) is 49.9 Å². The first-order chi connectivity index (χ1) is 12.1. The van der Waals surface area contributed by atoms with Crippen LogP contribution in [0.1, 0.15) is 37.0 Å². The highest BCUT2D eigenvalue weighted by Gasteiger charge is 2.49. The smallest absolute Gasteiger partial charge is 0.234 e. The first-order valence-corrected chi connectivity index (χ1v) is 8.97. The van der Waals surface area contributed by atoms with Gasteiger partial charge in [0.1, 0.15) is 11.4 Å². The van der Waals surface area contributed by atoms with E-state index >= 15 is 0 Å². The molecule has 1 aromatic heterocycles. The third kappa shape index (κ3) is 3.34. The predicted octanol–water partition coefficient (Wildman–Crippen LogP) is 2.41. The van der Waals surface area contributed by atoms with Gasteiger partial charge >= 0.3 is 0 Å². The average Bonchev–Trinajstić information content (AvgIpc) is 3.23. The number of nitrogens with zero attached hydrogens (tertiary/aromatic N) is 1. The topological polar surface area (TPSA) is 65.7 Å². The van der Waals surface area contributed by atoms with Gasteiger partial charge < -0.3 is 14.8 Å². The maximum atomic E-state index is 12.4. The predicted molar refractivity (Wildman–Crippen MR) is 93.6 cm³/mol. The van der Waals surface area contributed by atoms with Crippen LogP contribution in [0.15, 0.2) is 53.1 Å². The number of amides is 1. The van der Waals surface area contributed by atoms with Crippen molar-refractivity contribution in [2.75, 3.05) is 6.54 Å². The number of hydrogen-bond donors (Lipinski definition) is 2. The van der Waals surface area contributed by atoms with E-state index in [4.69, 9.17) is 4.42 Å². The van der Waals surface area contributed by atoms with Crippen LogP contribution in [0.4, 0.5) is 0 Å². The van der Waals surface area contributed by atoms with Crippen molar-refractivity contribution in [2.24, 2.45) is 0 Å². The van der Waals surface area contributed by atoms with Gasteiger partial charge in [-0.25, -0.2) is 0 Å². The Bertz CT molecular complexity index is 700. The largest absolute Gasteiger partial charge is 0.466 e. The molecule has 0 saturated carbocycles. The Morgan fingerprint density at radius 1 is 1.16 bits per heavy atom. The van der Waals surface area contributed by atoms with Crippen molar-refractivity contribution >= 4 is 5.91 Å². The molecule has 1 amide bonds. The molecule has 0 spiro atoms. The molecule has 25 heavy (non-hydrogen) atoms. The van der Waals surface area contributed by atoms with Crippen LogP contribution < -0.4 is 5.32 Å². The number of piperidine rings is 1.